The Morgan fingerprint density at radius 3 is 2.67 bits per heavy atom. The third-order valence-electron chi connectivity index (χ3n) is 2.91. The third kappa shape index (κ3) is 7.09. The number of thioether (sulfide) groups is 1. The van der Waals surface area contributed by atoms with Crippen molar-refractivity contribution in [3.05, 3.63) is 23.8 Å². The predicted molar refractivity (Wildman–Crippen MR) is 92.6 cm³/mol. The molecule has 1 N–H and O–H groups in total. The molecule has 0 radical (unpaired) electrons. The van der Waals surface area contributed by atoms with Crippen LogP contribution >= 0.6 is 11.8 Å². The van der Waals surface area contributed by atoms with Gasteiger partial charge in [-0.15, -0.1) is 0 Å². The van der Waals surface area contributed by atoms with E-state index < -0.39 is 0 Å². The third-order valence-corrected chi connectivity index (χ3v) is 3.77. The lowest BCUT2D eigenvalue weighted by Gasteiger charge is -2.16. The molecule has 0 aliphatic rings. The van der Waals surface area contributed by atoms with E-state index in [0.29, 0.717) is 12.5 Å². The molecular formula is C17H29NO2S. The van der Waals surface area contributed by atoms with Gasteiger partial charge in [0, 0.05) is 17.9 Å². The van der Waals surface area contributed by atoms with Gasteiger partial charge >= 0.3 is 0 Å². The first-order valence-electron chi connectivity index (χ1n) is 7.84. The van der Waals surface area contributed by atoms with Crippen molar-refractivity contribution in [3.63, 3.8) is 0 Å². The van der Waals surface area contributed by atoms with Crippen LogP contribution in [0.5, 0.6) is 11.5 Å². The van der Waals surface area contributed by atoms with Crippen LogP contribution in [0.15, 0.2) is 18.2 Å². The van der Waals surface area contributed by atoms with Crippen molar-refractivity contribution >= 4 is 11.8 Å². The number of benzene rings is 1. The van der Waals surface area contributed by atoms with Crippen LogP contribution in [0.4, 0.5) is 0 Å². The zero-order valence-electron chi connectivity index (χ0n) is 13.8. The molecule has 1 aromatic rings. The molecule has 0 aliphatic heterocycles. The molecule has 1 aromatic carbocycles. The van der Waals surface area contributed by atoms with Crippen LogP contribution < -0.4 is 14.8 Å². The van der Waals surface area contributed by atoms with E-state index in [1.54, 1.807) is 0 Å². The van der Waals surface area contributed by atoms with Gasteiger partial charge in [0.25, 0.3) is 0 Å². The SMILES string of the molecule is CCOc1cccc(CNCC(C)C)c1OCCSCC. The molecule has 0 saturated carbocycles. The molecule has 0 aliphatic carbocycles. The summed E-state index contributed by atoms with van der Waals surface area (Å²) < 4.78 is 11.7. The number of hydrogen-bond donors (Lipinski definition) is 1. The molecule has 0 saturated heterocycles. The van der Waals surface area contributed by atoms with E-state index in [0.717, 1.165) is 42.7 Å². The van der Waals surface area contributed by atoms with E-state index in [2.05, 4.69) is 32.2 Å². The standard InChI is InChI=1S/C17H29NO2S/c1-5-19-16-9-7-8-15(13-18-12-14(3)4)17(16)20-10-11-21-6-2/h7-9,14,18H,5-6,10-13H2,1-4H3. The van der Waals surface area contributed by atoms with Crippen LogP contribution in [0.3, 0.4) is 0 Å². The van der Waals surface area contributed by atoms with Gasteiger partial charge in [0.15, 0.2) is 11.5 Å². The quantitative estimate of drug-likeness (QED) is 0.627. The molecule has 0 atom stereocenters. The Labute approximate surface area is 133 Å². The first kappa shape index (κ1) is 18.2. The summed E-state index contributed by atoms with van der Waals surface area (Å²) in [5, 5.41) is 3.47. The second kappa shape index (κ2) is 10.8. The highest BCUT2D eigenvalue weighted by molar-refractivity contribution is 7.99. The van der Waals surface area contributed by atoms with E-state index in [4.69, 9.17) is 9.47 Å². The maximum atomic E-state index is 5.99. The number of nitrogens with one attached hydrogen (secondary N) is 1. The maximum Gasteiger partial charge on any atom is 0.165 e. The minimum absolute atomic E-state index is 0.644. The number of hydrogen-bond acceptors (Lipinski definition) is 4. The fourth-order valence-electron chi connectivity index (χ4n) is 1.98. The van der Waals surface area contributed by atoms with Gasteiger partial charge in [-0.1, -0.05) is 32.9 Å². The van der Waals surface area contributed by atoms with Gasteiger partial charge in [-0.2, -0.15) is 11.8 Å². The zero-order valence-corrected chi connectivity index (χ0v) is 14.6. The Hall–Kier alpha value is -0.870. The van der Waals surface area contributed by atoms with Crippen LogP contribution in [0.1, 0.15) is 33.3 Å². The minimum atomic E-state index is 0.644. The summed E-state index contributed by atoms with van der Waals surface area (Å²) in [6, 6.07) is 6.13. The lowest BCUT2D eigenvalue weighted by molar-refractivity contribution is 0.286. The Bertz CT molecular complexity index is 396. The Morgan fingerprint density at radius 2 is 2.00 bits per heavy atom. The van der Waals surface area contributed by atoms with Crippen LogP contribution in [0.25, 0.3) is 0 Å². The molecule has 0 heterocycles. The number of ether oxygens (including phenoxy) is 2. The fourth-order valence-corrected chi connectivity index (χ4v) is 2.47. The summed E-state index contributed by atoms with van der Waals surface area (Å²) in [6.45, 7) is 11.8. The van der Waals surface area contributed by atoms with Crippen LogP contribution in [-0.4, -0.2) is 31.3 Å². The molecule has 1 rings (SSSR count). The van der Waals surface area contributed by atoms with Gasteiger partial charge < -0.3 is 14.8 Å². The van der Waals surface area contributed by atoms with Gasteiger partial charge in [-0.05, 0) is 31.2 Å². The summed E-state index contributed by atoms with van der Waals surface area (Å²) in [6.07, 6.45) is 0. The molecule has 0 aromatic heterocycles. The summed E-state index contributed by atoms with van der Waals surface area (Å²) in [4.78, 5) is 0. The molecule has 0 unspecified atom stereocenters. The van der Waals surface area contributed by atoms with Crippen LogP contribution in [-0.2, 0) is 6.54 Å². The molecule has 0 bridgehead atoms. The highest BCUT2D eigenvalue weighted by atomic mass is 32.2. The van der Waals surface area contributed by atoms with Gasteiger partial charge in [0.2, 0.25) is 0 Å². The number of rotatable bonds is 11. The van der Waals surface area contributed by atoms with Gasteiger partial charge in [0.1, 0.15) is 0 Å². The summed E-state index contributed by atoms with van der Waals surface area (Å²) in [7, 11) is 0. The molecule has 0 spiro atoms. The van der Waals surface area contributed by atoms with Crippen LogP contribution in [0.2, 0.25) is 0 Å². The molecule has 120 valence electrons. The van der Waals surface area contributed by atoms with Crippen molar-refractivity contribution in [1.82, 2.24) is 5.32 Å². The highest BCUT2D eigenvalue weighted by Crippen LogP contribution is 2.31. The second-order valence-electron chi connectivity index (χ2n) is 5.25. The monoisotopic (exact) mass is 311 g/mol. The molecule has 4 heteroatoms. The number of para-hydroxylation sites is 1. The summed E-state index contributed by atoms with van der Waals surface area (Å²) >= 11 is 1.89. The lowest BCUT2D eigenvalue weighted by atomic mass is 10.1. The normalized spacial score (nSPS) is 10.9. The van der Waals surface area contributed by atoms with E-state index in [1.165, 1.54) is 5.56 Å². The van der Waals surface area contributed by atoms with Gasteiger partial charge in [-0.3, -0.25) is 0 Å². The lowest BCUT2D eigenvalue weighted by Crippen LogP contribution is -2.19. The Kier molecular flexibility index (Phi) is 9.35. The average molecular weight is 311 g/mol. The maximum absolute atomic E-state index is 5.99. The Balaban J connectivity index is 2.71. The fraction of sp³-hybridized carbons (Fsp3) is 0.647. The van der Waals surface area contributed by atoms with Gasteiger partial charge in [-0.25, -0.2) is 0 Å². The molecule has 0 fully saturated rings. The summed E-state index contributed by atoms with van der Waals surface area (Å²) in [5.74, 6) is 4.52. The van der Waals surface area contributed by atoms with Crippen LogP contribution in [0, 0.1) is 5.92 Å². The van der Waals surface area contributed by atoms with E-state index in [1.807, 2.05) is 30.8 Å². The first-order chi connectivity index (χ1) is 10.2. The van der Waals surface area contributed by atoms with Crippen molar-refractivity contribution in [3.8, 4) is 11.5 Å². The van der Waals surface area contributed by atoms with E-state index in [-0.39, 0.29) is 0 Å². The van der Waals surface area contributed by atoms with E-state index >= 15 is 0 Å². The smallest absolute Gasteiger partial charge is 0.165 e. The molecule has 0 amide bonds. The van der Waals surface area contributed by atoms with Crippen molar-refractivity contribution in [2.75, 3.05) is 31.3 Å². The van der Waals surface area contributed by atoms with Crippen molar-refractivity contribution in [1.29, 1.82) is 0 Å². The largest absolute Gasteiger partial charge is 0.490 e. The van der Waals surface area contributed by atoms with Crippen molar-refractivity contribution in [2.45, 2.75) is 34.2 Å². The second-order valence-corrected chi connectivity index (χ2v) is 6.64. The van der Waals surface area contributed by atoms with Gasteiger partial charge in [0.05, 0.1) is 13.2 Å². The molecular weight excluding hydrogens is 282 g/mol. The average Bonchev–Trinajstić information content (AvgIpc) is 2.45. The summed E-state index contributed by atoms with van der Waals surface area (Å²) in [5.41, 5.74) is 1.17. The first-order valence-corrected chi connectivity index (χ1v) is 9.00. The molecule has 3 nitrogen and oxygen atoms in total. The topological polar surface area (TPSA) is 30.5 Å². The Morgan fingerprint density at radius 1 is 1.19 bits per heavy atom. The minimum Gasteiger partial charge on any atom is -0.490 e. The van der Waals surface area contributed by atoms with Crippen molar-refractivity contribution in [2.24, 2.45) is 5.92 Å². The van der Waals surface area contributed by atoms with Crippen molar-refractivity contribution < 1.29 is 9.47 Å². The molecule has 21 heavy (non-hydrogen) atoms. The zero-order chi connectivity index (χ0) is 15.5. The highest BCUT2D eigenvalue weighted by Gasteiger charge is 2.11. The van der Waals surface area contributed by atoms with E-state index in [9.17, 15) is 0 Å². The predicted octanol–water partition coefficient (Wildman–Crippen LogP) is 3.96.